The molecule has 2 aromatic heterocycles. The van der Waals surface area contributed by atoms with Gasteiger partial charge in [0, 0.05) is 25.3 Å². The fraction of sp³-hybridized carbons (Fsp3) is 0.423. The molecule has 3 heterocycles. The van der Waals surface area contributed by atoms with Crippen molar-refractivity contribution in [2.75, 3.05) is 36.8 Å². The van der Waals surface area contributed by atoms with Crippen LogP contribution in [0.1, 0.15) is 48.7 Å². The van der Waals surface area contributed by atoms with Crippen LogP contribution in [0.25, 0.3) is 0 Å². The van der Waals surface area contributed by atoms with Gasteiger partial charge in [-0.1, -0.05) is 17.7 Å². The van der Waals surface area contributed by atoms with E-state index in [0.29, 0.717) is 23.6 Å². The van der Waals surface area contributed by atoms with E-state index in [-0.39, 0.29) is 23.0 Å². The third-order valence-corrected chi connectivity index (χ3v) is 6.66. The second-order valence-electron chi connectivity index (χ2n) is 9.32. The normalized spacial score (nSPS) is 14.5. The van der Waals surface area contributed by atoms with Gasteiger partial charge in [-0.05, 0) is 88.0 Å². The van der Waals surface area contributed by atoms with Crippen LogP contribution in [0.4, 0.5) is 16.0 Å². The van der Waals surface area contributed by atoms with Gasteiger partial charge < -0.3 is 15.5 Å². The van der Waals surface area contributed by atoms with Crippen molar-refractivity contribution in [2.45, 2.75) is 39.2 Å². The van der Waals surface area contributed by atoms with Crippen molar-refractivity contribution in [3.8, 4) is 0 Å². The molecule has 10 heteroatoms. The largest absolute Gasteiger partial charge is 0.370 e. The van der Waals surface area contributed by atoms with Crippen LogP contribution in [0.2, 0.25) is 5.02 Å². The molecule has 1 aromatic carbocycles. The number of pyridine rings is 1. The van der Waals surface area contributed by atoms with Gasteiger partial charge in [-0.3, -0.25) is 9.48 Å². The van der Waals surface area contributed by atoms with Crippen LogP contribution in [0, 0.1) is 11.7 Å². The molecule has 0 saturated carbocycles. The van der Waals surface area contributed by atoms with Crippen LogP contribution in [-0.4, -0.2) is 51.8 Å². The molecule has 194 valence electrons. The minimum absolute atomic E-state index is 0. The zero-order valence-electron chi connectivity index (χ0n) is 20.6. The molecular formula is C26H33Cl2FN6O. The number of hydrogen-bond acceptors (Lipinski definition) is 5. The third kappa shape index (κ3) is 7.66. The molecule has 1 amide bonds. The van der Waals surface area contributed by atoms with E-state index in [2.05, 4.69) is 45.7 Å². The van der Waals surface area contributed by atoms with Crippen LogP contribution >= 0.6 is 24.0 Å². The van der Waals surface area contributed by atoms with Crippen molar-refractivity contribution in [3.05, 3.63) is 70.8 Å². The second kappa shape index (κ2) is 13.0. The maximum absolute atomic E-state index is 13.2. The lowest BCUT2D eigenvalue weighted by Crippen LogP contribution is -2.37. The number of aromatic nitrogens is 3. The number of hydrogen-bond donors (Lipinski definition) is 2. The first-order valence-electron chi connectivity index (χ1n) is 12.1. The molecular weight excluding hydrogens is 502 g/mol. The molecule has 1 aliphatic rings. The summed E-state index contributed by atoms with van der Waals surface area (Å²) in [6, 6.07) is 9.51. The molecule has 36 heavy (non-hydrogen) atoms. The zero-order valence-corrected chi connectivity index (χ0v) is 22.2. The number of nitrogens with zero attached hydrogens (tertiary/aromatic N) is 4. The number of halogens is 3. The van der Waals surface area contributed by atoms with Gasteiger partial charge in [0.15, 0.2) is 0 Å². The molecule has 0 spiro atoms. The van der Waals surface area contributed by atoms with E-state index in [1.165, 1.54) is 17.7 Å². The van der Waals surface area contributed by atoms with E-state index in [1.54, 1.807) is 6.07 Å². The molecule has 0 bridgehead atoms. The monoisotopic (exact) mass is 534 g/mol. The summed E-state index contributed by atoms with van der Waals surface area (Å²) in [5.74, 6) is 0.783. The molecule has 0 atom stereocenters. The molecule has 1 saturated heterocycles. The molecule has 2 N–H and O–H groups in total. The first-order chi connectivity index (χ1) is 16.9. The average Bonchev–Trinajstić information content (AvgIpc) is 3.32. The summed E-state index contributed by atoms with van der Waals surface area (Å²) < 4.78 is 15.3. The Balaban J connectivity index is 0.00000361. The summed E-state index contributed by atoms with van der Waals surface area (Å²) in [5, 5.41) is 10.6. The van der Waals surface area contributed by atoms with Crippen molar-refractivity contribution in [1.29, 1.82) is 0 Å². The summed E-state index contributed by atoms with van der Waals surface area (Å²) in [6.07, 6.45) is 7.43. The average molecular weight is 535 g/mol. The standard InChI is InChI=1S/C26H32ClFN6O.ClH/c1-18(2)34-17-20(16-30-34)10-13-33-11-8-19(9-12-33)15-29-24-4-3-5-25(31-24)32-26(35)22-7-6-21(28)14-23(22)27;/h3-7,14,16-19H,8-13,15H2,1-2H3,(H2,29,31,32,35);1H. The number of likely N-dealkylation sites (tertiary alicyclic amines) is 1. The molecule has 7 nitrogen and oxygen atoms in total. The predicted octanol–water partition coefficient (Wildman–Crippen LogP) is 5.69. The van der Waals surface area contributed by atoms with E-state index in [1.807, 2.05) is 23.0 Å². The van der Waals surface area contributed by atoms with Crippen LogP contribution in [0.5, 0.6) is 0 Å². The fourth-order valence-corrected chi connectivity index (χ4v) is 4.45. The number of carbonyl (C=O) groups excluding carboxylic acids is 1. The van der Waals surface area contributed by atoms with Crippen molar-refractivity contribution in [1.82, 2.24) is 19.7 Å². The Morgan fingerprint density at radius 1 is 1.19 bits per heavy atom. The van der Waals surface area contributed by atoms with Crippen molar-refractivity contribution in [2.24, 2.45) is 5.92 Å². The van der Waals surface area contributed by atoms with Crippen LogP contribution in [0.3, 0.4) is 0 Å². The van der Waals surface area contributed by atoms with Gasteiger partial charge in [0.2, 0.25) is 0 Å². The van der Waals surface area contributed by atoms with Crippen LogP contribution < -0.4 is 10.6 Å². The molecule has 1 fully saturated rings. The number of piperidine rings is 1. The first kappa shape index (κ1) is 27.9. The highest BCUT2D eigenvalue weighted by Crippen LogP contribution is 2.21. The van der Waals surface area contributed by atoms with Crippen molar-refractivity contribution >= 4 is 41.6 Å². The highest BCUT2D eigenvalue weighted by atomic mass is 35.5. The molecule has 0 unspecified atom stereocenters. The number of amides is 1. The van der Waals surface area contributed by atoms with Gasteiger partial charge in [-0.25, -0.2) is 9.37 Å². The van der Waals surface area contributed by atoms with Crippen LogP contribution in [0.15, 0.2) is 48.8 Å². The smallest absolute Gasteiger partial charge is 0.258 e. The number of carbonyl (C=O) groups is 1. The van der Waals surface area contributed by atoms with Crippen molar-refractivity contribution < 1.29 is 9.18 Å². The minimum atomic E-state index is -0.486. The summed E-state index contributed by atoms with van der Waals surface area (Å²) in [6.45, 7) is 8.36. The maximum atomic E-state index is 13.2. The van der Waals surface area contributed by atoms with Crippen molar-refractivity contribution in [3.63, 3.8) is 0 Å². The van der Waals surface area contributed by atoms with Gasteiger partial charge >= 0.3 is 0 Å². The van der Waals surface area contributed by atoms with Crippen LogP contribution in [-0.2, 0) is 6.42 Å². The predicted molar refractivity (Wildman–Crippen MR) is 145 cm³/mol. The zero-order chi connectivity index (χ0) is 24.8. The Labute approximate surface area is 222 Å². The number of rotatable bonds is 9. The molecule has 4 rings (SSSR count). The SMILES string of the molecule is CC(C)n1cc(CCN2CCC(CNc3cccc(NC(=O)c4ccc(F)cc4Cl)n3)CC2)cn1.Cl. The third-order valence-electron chi connectivity index (χ3n) is 6.35. The molecule has 3 aromatic rings. The van der Waals surface area contributed by atoms with Gasteiger partial charge in [-0.2, -0.15) is 5.10 Å². The first-order valence-corrected chi connectivity index (χ1v) is 12.5. The van der Waals surface area contributed by atoms with Gasteiger partial charge in [-0.15, -0.1) is 12.4 Å². The quantitative estimate of drug-likeness (QED) is 0.368. The summed E-state index contributed by atoms with van der Waals surface area (Å²) >= 11 is 5.99. The van der Waals surface area contributed by atoms with E-state index < -0.39 is 11.7 Å². The summed E-state index contributed by atoms with van der Waals surface area (Å²) in [5.41, 5.74) is 1.50. The lowest BCUT2D eigenvalue weighted by Gasteiger charge is -2.32. The maximum Gasteiger partial charge on any atom is 0.258 e. The second-order valence-corrected chi connectivity index (χ2v) is 9.73. The molecule has 1 aliphatic heterocycles. The number of benzene rings is 1. The molecule has 0 aliphatic carbocycles. The Hall–Kier alpha value is -2.68. The lowest BCUT2D eigenvalue weighted by atomic mass is 9.96. The van der Waals surface area contributed by atoms with E-state index in [0.717, 1.165) is 51.5 Å². The highest BCUT2D eigenvalue weighted by Gasteiger charge is 2.19. The van der Waals surface area contributed by atoms with Gasteiger partial charge in [0.25, 0.3) is 5.91 Å². The topological polar surface area (TPSA) is 75.1 Å². The Bertz CT molecular complexity index is 1150. The Kier molecular flexibility index (Phi) is 10.1. The van der Waals surface area contributed by atoms with E-state index >= 15 is 0 Å². The lowest BCUT2D eigenvalue weighted by molar-refractivity contribution is 0.102. The van der Waals surface area contributed by atoms with E-state index in [4.69, 9.17) is 11.6 Å². The van der Waals surface area contributed by atoms with E-state index in [9.17, 15) is 9.18 Å². The number of nitrogens with one attached hydrogen (secondary N) is 2. The fourth-order valence-electron chi connectivity index (χ4n) is 4.20. The Morgan fingerprint density at radius 3 is 2.64 bits per heavy atom. The molecule has 0 radical (unpaired) electrons. The summed E-state index contributed by atoms with van der Waals surface area (Å²) in [7, 11) is 0. The highest BCUT2D eigenvalue weighted by molar-refractivity contribution is 6.34. The van der Waals surface area contributed by atoms with Gasteiger partial charge in [0.1, 0.15) is 17.5 Å². The minimum Gasteiger partial charge on any atom is -0.370 e. The number of anilines is 2. The summed E-state index contributed by atoms with van der Waals surface area (Å²) in [4.78, 5) is 19.5. The van der Waals surface area contributed by atoms with Gasteiger partial charge in [0.05, 0.1) is 16.8 Å². The Morgan fingerprint density at radius 2 is 1.94 bits per heavy atom.